The van der Waals surface area contributed by atoms with Gasteiger partial charge in [-0.15, -0.1) is 0 Å². The summed E-state index contributed by atoms with van der Waals surface area (Å²) >= 11 is 0. The van der Waals surface area contributed by atoms with E-state index in [9.17, 15) is 0 Å². The standard InChI is InChI=1S/C19H29BN4O3/c1-18(2)19(3,4)27-20(26-18)16-9-13(11-24-17(16)22)14(10-21)12-23-15-5-7-25-8-6-15/h9-12,15H,5-8,21H2,1-4H3,(H2,22,24). The minimum absolute atomic E-state index is 0.262. The Kier molecular flexibility index (Phi) is 5.60. The molecule has 1 aromatic rings. The van der Waals surface area contributed by atoms with Gasteiger partial charge in [-0.2, -0.15) is 0 Å². The monoisotopic (exact) mass is 372 g/mol. The number of ether oxygens (including phenoxy) is 1. The number of anilines is 1. The second-order valence-electron chi connectivity index (χ2n) is 8.03. The fourth-order valence-corrected chi connectivity index (χ4v) is 3.04. The van der Waals surface area contributed by atoms with E-state index < -0.39 is 18.3 Å². The molecule has 1 aromatic heterocycles. The average molecular weight is 372 g/mol. The van der Waals surface area contributed by atoms with Crippen LogP contribution in [0, 0.1) is 0 Å². The third kappa shape index (κ3) is 4.18. The molecule has 146 valence electrons. The molecule has 8 heteroatoms. The number of aliphatic imine (C=N–C) groups is 1. The summed E-state index contributed by atoms with van der Waals surface area (Å²) in [4.78, 5) is 8.97. The molecule has 7 nitrogen and oxygen atoms in total. The van der Waals surface area contributed by atoms with Crippen LogP contribution in [0.5, 0.6) is 0 Å². The van der Waals surface area contributed by atoms with E-state index in [2.05, 4.69) is 9.98 Å². The third-order valence-corrected chi connectivity index (χ3v) is 5.58. The minimum Gasteiger partial charge on any atom is -0.404 e. The number of nitrogens with zero attached hydrogens (tertiary/aromatic N) is 2. The second-order valence-corrected chi connectivity index (χ2v) is 8.03. The van der Waals surface area contributed by atoms with Crippen molar-refractivity contribution in [2.45, 2.75) is 57.8 Å². The number of pyridine rings is 1. The summed E-state index contributed by atoms with van der Waals surface area (Å²) in [5, 5.41) is 0. The van der Waals surface area contributed by atoms with Gasteiger partial charge in [-0.25, -0.2) is 4.98 Å². The second kappa shape index (κ2) is 7.62. The molecular formula is C19H29BN4O3. The molecule has 0 radical (unpaired) electrons. The topological polar surface area (TPSA) is 105 Å². The molecule has 27 heavy (non-hydrogen) atoms. The number of hydrogen-bond acceptors (Lipinski definition) is 7. The van der Waals surface area contributed by atoms with Crippen LogP contribution in [0.2, 0.25) is 0 Å². The molecule has 2 aliphatic heterocycles. The quantitative estimate of drug-likeness (QED) is 0.613. The van der Waals surface area contributed by atoms with E-state index in [4.69, 9.17) is 25.5 Å². The average Bonchev–Trinajstić information content (AvgIpc) is 2.85. The van der Waals surface area contributed by atoms with Gasteiger partial charge in [0.2, 0.25) is 0 Å². The summed E-state index contributed by atoms with van der Waals surface area (Å²) in [5.41, 5.74) is 13.4. The van der Waals surface area contributed by atoms with Gasteiger partial charge < -0.3 is 25.5 Å². The van der Waals surface area contributed by atoms with Gasteiger partial charge >= 0.3 is 7.12 Å². The number of nitrogens with two attached hydrogens (primary N) is 2. The molecule has 0 atom stereocenters. The normalized spacial score (nSPS) is 23.3. The first-order valence-corrected chi connectivity index (χ1v) is 9.38. The van der Waals surface area contributed by atoms with Gasteiger partial charge in [0.1, 0.15) is 5.82 Å². The van der Waals surface area contributed by atoms with Crippen LogP contribution < -0.4 is 16.9 Å². The van der Waals surface area contributed by atoms with Crippen molar-refractivity contribution in [3.05, 3.63) is 24.0 Å². The zero-order chi connectivity index (χ0) is 19.7. The molecule has 0 saturated carbocycles. The molecule has 0 amide bonds. The maximum absolute atomic E-state index is 6.11. The summed E-state index contributed by atoms with van der Waals surface area (Å²) in [6.07, 6.45) is 6.88. The van der Waals surface area contributed by atoms with Crippen molar-refractivity contribution >= 4 is 30.2 Å². The van der Waals surface area contributed by atoms with Crippen molar-refractivity contribution in [2.75, 3.05) is 18.9 Å². The molecule has 4 N–H and O–H groups in total. The van der Waals surface area contributed by atoms with E-state index in [1.807, 2.05) is 33.8 Å². The Labute approximate surface area is 161 Å². The van der Waals surface area contributed by atoms with Crippen LogP contribution in [-0.4, -0.2) is 48.8 Å². The largest absolute Gasteiger partial charge is 0.498 e. The van der Waals surface area contributed by atoms with Crippen molar-refractivity contribution in [1.29, 1.82) is 0 Å². The van der Waals surface area contributed by atoms with Crippen molar-refractivity contribution in [3.63, 3.8) is 0 Å². The fourth-order valence-electron chi connectivity index (χ4n) is 3.04. The fraction of sp³-hybridized carbons (Fsp3) is 0.579. The van der Waals surface area contributed by atoms with Crippen LogP contribution in [0.25, 0.3) is 5.57 Å². The zero-order valence-electron chi connectivity index (χ0n) is 16.6. The predicted octanol–water partition coefficient (Wildman–Crippen LogP) is 1.51. The van der Waals surface area contributed by atoms with Gasteiger partial charge in [0.25, 0.3) is 0 Å². The Morgan fingerprint density at radius 3 is 2.44 bits per heavy atom. The zero-order valence-corrected chi connectivity index (χ0v) is 16.6. The summed E-state index contributed by atoms with van der Waals surface area (Å²) < 4.78 is 17.6. The summed E-state index contributed by atoms with van der Waals surface area (Å²) in [6.45, 7) is 9.52. The van der Waals surface area contributed by atoms with E-state index in [0.717, 1.165) is 37.2 Å². The number of rotatable bonds is 4. The number of aromatic nitrogens is 1. The van der Waals surface area contributed by atoms with Gasteiger partial charge in [-0.3, -0.25) is 4.99 Å². The van der Waals surface area contributed by atoms with Crippen LogP contribution in [-0.2, 0) is 14.0 Å². The number of hydrogen-bond donors (Lipinski definition) is 2. The van der Waals surface area contributed by atoms with Crippen LogP contribution in [0.4, 0.5) is 5.82 Å². The highest BCUT2D eigenvalue weighted by Crippen LogP contribution is 2.36. The van der Waals surface area contributed by atoms with E-state index >= 15 is 0 Å². The molecular weight excluding hydrogens is 343 g/mol. The highest BCUT2D eigenvalue weighted by Gasteiger charge is 2.52. The molecule has 0 aliphatic carbocycles. The summed E-state index contributed by atoms with van der Waals surface area (Å²) in [7, 11) is -0.575. The summed E-state index contributed by atoms with van der Waals surface area (Å²) in [6, 6.07) is 2.18. The van der Waals surface area contributed by atoms with Gasteiger partial charge in [-0.1, -0.05) is 0 Å². The smallest absolute Gasteiger partial charge is 0.404 e. The minimum atomic E-state index is -0.575. The highest BCUT2D eigenvalue weighted by molar-refractivity contribution is 6.63. The van der Waals surface area contributed by atoms with Gasteiger partial charge in [-0.05, 0) is 46.6 Å². The Morgan fingerprint density at radius 2 is 1.85 bits per heavy atom. The van der Waals surface area contributed by atoms with Crippen LogP contribution >= 0.6 is 0 Å². The van der Waals surface area contributed by atoms with Crippen molar-refractivity contribution in [1.82, 2.24) is 4.98 Å². The molecule has 0 bridgehead atoms. The first kappa shape index (κ1) is 19.9. The molecule has 3 heterocycles. The van der Waals surface area contributed by atoms with Crippen molar-refractivity contribution in [3.8, 4) is 0 Å². The van der Waals surface area contributed by atoms with E-state index in [1.165, 1.54) is 6.20 Å². The predicted molar refractivity (Wildman–Crippen MR) is 109 cm³/mol. The maximum atomic E-state index is 6.11. The first-order chi connectivity index (χ1) is 12.7. The van der Waals surface area contributed by atoms with Gasteiger partial charge in [0, 0.05) is 48.4 Å². The van der Waals surface area contributed by atoms with Crippen LogP contribution in [0.3, 0.4) is 0 Å². The van der Waals surface area contributed by atoms with Crippen LogP contribution in [0.1, 0.15) is 46.1 Å². The lowest BCUT2D eigenvalue weighted by Gasteiger charge is -2.32. The molecule has 2 saturated heterocycles. The maximum Gasteiger partial charge on any atom is 0.498 e. The van der Waals surface area contributed by atoms with Gasteiger partial charge in [0.15, 0.2) is 0 Å². The van der Waals surface area contributed by atoms with Gasteiger partial charge in [0.05, 0.1) is 17.2 Å². The number of allylic oxidation sites excluding steroid dienone is 1. The molecule has 0 aromatic carbocycles. The third-order valence-electron chi connectivity index (χ3n) is 5.58. The van der Waals surface area contributed by atoms with E-state index in [1.54, 1.807) is 12.4 Å². The Hall–Kier alpha value is -1.90. The Balaban J connectivity index is 1.83. The molecule has 0 spiro atoms. The van der Waals surface area contributed by atoms with E-state index in [-0.39, 0.29) is 6.04 Å². The van der Waals surface area contributed by atoms with Crippen molar-refractivity contribution < 1.29 is 14.0 Å². The van der Waals surface area contributed by atoms with E-state index in [0.29, 0.717) is 11.3 Å². The molecule has 2 fully saturated rings. The Morgan fingerprint density at radius 1 is 1.22 bits per heavy atom. The number of nitrogen functional groups attached to an aromatic ring is 1. The molecule has 2 aliphatic rings. The van der Waals surface area contributed by atoms with Crippen molar-refractivity contribution in [2.24, 2.45) is 10.7 Å². The first-order valence-electron chi connectivity index (χ1n) is 9.38. The SMILES string of the molecule is CC1(C)OB(c2cc(C(C=NC3CCOCC3)=CN)cnc2N)OC1(C)C. The molecule has 0 unspecified atom stereocenters. The highest BCUT2D eigenvalue weighted by atomic mass is 16.7. The summed E-state index contributed by atoms with van der Waals surface area (Å²) in [5.74, 6) is 0.384. The van der Waals surface area contributed by atoms with Crippen LogP contribution in [0.15, 0.2) is 23.5 Å². The lowest BCUT2D eigenvalue weighted by molar-refractivity contribution is 0.00578. The Bertz CT molecular complexity index is 726. The lowest BCUT2D eigenvalue weighted by Crippen LogP contribution is -2.41. The lowest BCUT2D eigenvalue weighted by atomic mass is 9.78. The molecule has 3 rings (SSSR count).